The van der Waals surface area contributed by atoms with E-state index in [1.54, 1.807) is 18.3 Å². The van der Waals surface area contributed by atoms with Gasteiger partial charge in [0.25, 0.3) is 0 Å². The number of aryl methyl sites for hydroxylation is 1. The van der Waals surface area contributed by atoms with Crippen LogP contribution in [0.4, 0.5) is 5.69 Å². The van der Waals surface area contributed by atoms with Crippen molar-refractivity contribution in [1.82, 2.24) is 14.2 Å². The monoisotopic (exact) mass is 438 g/mol. The van der Waals surface area contributed by atoms with E-state index in [0.717, 1.165) is 22.2 Å². The van der Waals surface area contributed by atoms with Gasteiger partial charge < -0.3 is 5.32 Å². The Balaban J connectivity index is 1.38. The van der Waals surface area contributed by atoms with E-state index in [-0.39, 0.29) is 12.5 Å². The Morgan fingerprint density at radius 2 is 1.81 bits per heavy atom. The van der Waals surface area contributed by atoms with Crippen LogP contribution in [0.2, 0.25) is 0 Å². The molecule has 0 unspecified atom stereocenters. The molecule has 0 atom stereocenters. The van der Waals surface area contributed by atoms with Crippen molar-refractivity contribution in [2.75, 3.05) is 38.0 Å². The van der Waals surface area contributed by atoms with Gasteiger partial charge in [0.05, 0.1) is 22.6 Å². The third-order valence-electron chi connectivity index (χ3n) is 5.49. The van der Waals surface area contributed by atoms with Crippen molar-refractivity contribution < 1.29 is 13.2 Å². The van der Waals surface area contributed by atoms with Gasteiger partial charge in [-0.3, -0.25) is 14.7 Å². The number of nitrogens with one attached hydrogen (secondary N) is 1. The number of carbonyl (C=O) groups excluding carboxylic acids is 1. The molecule has 1 N–H and O–H groups in total. The van der Waals surface area contributed by atoms with Crippen LogP contribution in [0, 0.1) is 6.92 Å². The lowest BCUT2D eigenvalue weighted by Crippen LogP contribution is -2.38. The molecule has 1 saturated heterocycles. The summed E-state index contributed by atoms with van der Waals surface area (Å²) in [6.07, 6.45) is 2.40. The number of aromatic nitrogens is 1. The van der Waals surface area contributed by atoms with E-state index in [0.29, 0.717) is 37.5 Å². The first-order valence-electron chi connectivity index (χ1n) is 10.4. The van der Waals surface area contributed by atoms with E-state index >= 15 is 0 Å². The molecule has 0 saturated carbocycles. The van der Waals surface area contributed by atoms with Crippen LogP contribution in [-0.2, 0) is 14.8 Å². The van der Waals surface area contributed by atoms with Crippen molar-refractivity contribution in [3.63, 3.8) is 0 Å². The number of rotatable bonds is 5. The van der Waals surface area contributed by atoms with Crippen LogP contribution in [0.15, 0.2) is 65.7 Å². The zero-order valence-electron chi connectivity index (χ0n) is 17.5. The summed E-state index contributed by atoms with van der Waals surface area (Å²) >= 11 is 0. The number of nitrogens with zero attached hydrogens (tertiary/aromatic N) is 3. The first kappa shape index (κ1) is 21.4. The molecular formula is C23H26N4O3S. The third-order valence-corrected chi connectivity index (χ3v) is 7.41. The molecule has 0 aliphatic carbocycles. The highest BCUT2D eigenvalue weighted by Gasteiger charge is 2.27. The Hall–Kier alpha value is -2.81. The fourth-order valence-corrected chi connectivity index (χ4v) is 5.28. The van der Waals surface area contributed by atoms with Crippen molar-refractivity contribution in [3.8, 4) is 0 Å². The van der Waals surface area contributed by atoms with Gasteiger partial charge >= 0.3 is 0 Å². The minimum absolute atomic E-state index is 0.119. The van der Waals surface area contributed by atoms with Crippen LogP contribution >= 0.6 is 0 Å². The van der Waals surface area contributed by atoms with E-state index in [1.165, 1.54) is 4.31 Å². The number of pyridine rings is 1. The normalized spacial score (nSPS) is 16.2. The minimum Gasteiger partial charge on any atom is -0.324 e. The lowest BCUT2D eigenvalue weighted by atomic mass is 10.2. The van der Waals surface area contributed by atoms with Gasteiger partial charge in [0.1, 0.15) is 0 Å². The highest BCUT2D eigenvalue weighted by molar-refractivity contribution is 7.89. The zero-order chi connectivity index (χ0) is 21.8. The lowest BCUT2D eigenvalue weighted by Gasteiger charge is -2.21. The summed E-state index contributed by atoms with van der Waals surface area (Å²) in [5, 5.41) is 3.87. The zero-order valence-corrected chi connectivity index (χ0v) is 18.3. The minimum atomic E-state index is -3.53. The molecule has 2 aromatic carbocycles. The molecule has 1 amide bonds. The van der Waals surface area contributed by atoms with Gasteiger partial charge in [-0.05, 0) is 56.3 Å². The average molecular weight is 439 g/mol. The Morgan fingerprint density at radius 3 is 2.61 bits per heavy atom. The fraction of sp³-hybridized carbons (Fsp3) is 0.304. The van der Waals surface area contributed by atoms with Crippen LogP contribution in [0.25, 0.3) is 10.9 Å². The summed E-state index contributed by atoms with van der Waals surface area (Å²) in [5.41, 5.74) is 2.58. The summed E-state index contributed by atoms with van der Waals surface area (Å²) in [6, 6.07) is 16.3. The highest BCUT2D eigenvalue weighted by atomic mass is 32.2. The van der Waals surface area contributed by atoms with Gasteiger partial charge in [-0.25, -0.2) is 8.42 Å². The van der Waals surface area contributed by atoms with Crippen LogP contribution in [0.3, 0.4) is 0 Å². The van der Waals surface area contributed by atoms with Gasteiger partial charge in [-0.15, -0.1) is 0 Å². The number of hydrogen-bond donors (Lipinski definition) is 1. The molecule has 7 nitrogen and oxygen atoms in total. The predicted molar refractivity (Wildman–Crippen MR) is 121 cm³/mol. The SMILES string of the molecule is Cc1ccc(S(=O)(=O)N2CCCN(CC(=O)Nc3cccc4ncccc34)CC2)cc1. The van der Waals surface area contributed by atoms with Gasteiger partial charge in [0, 0.05) is 31.2 Å². The summed E-state index contributed by atoms with van der Waals surface area (Å²) in [5.74, 6) is -0.119. The topological polar surface area (TPSA) is 82.6 Å². The Kier molecular flexibility index (Phi) is 6.31. The van der Waals surface area contributed by atoms with E-state index in [2.05, 4.69) is 10.3 Å². The maximum atomic E-state index is 13.0. The first-order chi connectivity index (χ1) is 14.9. The highest BCUT2D eigenvalue weighted by Crippen LogP contribution is 2.22. The molecule has 0 bridgehead atoms. The summed E-state index contributed by atoms with van der Waals surface area (Å²) in [7, 11) is -3.53. The van der Waals surface area contributed by atoms with Crippen molar-refractivity contribution in [3.05, 3.63) is 66.4 Å². The number of sulfonamides is 1. The van der Waals surface area contributed by atoms with Gasteiger partial charge in [-0.2, -0.15) is 4.31 Å². The standard InChI is InChI=1S/C23H26N4O3S/c1-18-8-10-19(11-9-18)31(29,30)27-14-4-13-26(15-16-27)17-23(28)25-22-7-2-6-21-20(22)5-3-12-24-21/h2-3,5-12H,4,13-17H2,1H3,(H,25,28). The summed E-state index contributed by atoms with van der Waals surface area (Å²) < 4.78 is 27.5. The van der Waals surface area contributed by atoms with Crippen LogP contribution in [0.5, 0.6) is 0 Å². The number of amides is 1. The van der Waals surface area contributed by atoms with Crippen LogP contribution < -0.4 is 5.32 Å². The van der Waals surface area contributed by atoms with Gasteiger partial charge in [-0.1, -0.05) is 23.8 Å². The van der Waals surface area contributed by atoms with E-state index in [1.807, 2.05) is 54.3 Å². The first-order valence-corrected chi connectivity index (χ1v) is 11.8. The number of carbonyl (C=O) groups is 1. The quantitative estimate of drug-likeness (QED) is 0.662. The second kappa shape index (κ2) is 9.13. The van der Waals surface area contributed by atoms with Gasteiger partial charge in [0.2, 0.25) is 15.9 Å². The van der Waals surface area contributed by atoms with Crippen molar-refractivity contribution in [2.45, 2.75) is 18.2 Å². The molecule has 0 spiro atoms. The smallest absolute Gasteiger partial charge is 0.243 e. The predicted octanol–water partition coefficient (Wildman–Crippen LogP) is 2.88. The average Bonchev–Trinajstić information content (AvgIpc) is 3.00. The van der Waals surface area contributed by atoms with E-state index in [9.17, 15) is 13.2 Å². The number of fused-ring (bicyclic) bond motifs is 1. The second-order valence-electron chi connectivity index (χ2n) is 7.77. The molecule has 31 heavy (non-hydrogen) atoms. The summed E-state index contributed by atoms with van der Waals surface area (Å²) in [4.78, 5) is 19.3. The molecule has 1 aliphatic heterocycles. The molecule has 1 aromatic heterocycles. The van der Waals surface area contributed by atoms with Crippen molar-refractivity contribution in [2.24, 2.45) is 0 Å². The van der Waals surface area contributed by atoms with E-state index in [4.69, 9.17) is 0 Å². The van der Waals surface area contributed by atoms with Crippen LogP contribution in [0.1, 0.15) is 12.0 Å². The number of hydrogen-bond acceptors (Lipinski definition) is 5. The van der Waals surface area contributed by atoms with Crippen LogP contribution in [-0.4, -0.2) is 61.2 Å². The lowest BCUT2D eigenvalue weighted by molar-refractivity contribution is -0.117. The number of anilines is 1. The molecule has 1 fully saturated rings. The molecule has 4 rings (SSSR count). The molecule has 8 heteroatoms. The number of benzene rings is 2. The molecule has 2 heterocycles. The molecule has 3 aromatic rings. The van der Waals surface area contributed by atoms with Crippen molar-refractivity contribution >= 4 is 32.5 Å². The summed E-state index contributed by atoms with van der Waals surface area (Å²) in [6.45, 7) is 4.14. The van der Waals surface area contributed by atoms with Crippen molar-refractivity contribution in [1.29, 1.82) is 0 Å². The molecule has 1 aliphatic rings. The Labute approximate surface area is 182 Å². The molecular weight excluding hydrogens is 412 g/mol. The Bertz CT molecular complexity index is 1170. The maximum absolute atomic E-state index is 13.0. The second-order valence-corrected chi connectivity index (χ2v) is 9.71. The molecule has 0 radical (unpaired) electrons. The largest absolute Gasteiger partial charge is 0.324 e. The van der Waals surface area contributed by atoms with E-state index < -0.39 is 10.0 Å². The fourth-order valence-electron chi connectivity index (χ4n) is 3.81. The molecule has 162 valence electrons. The maximum Gasteiger partial charge on any atom is 0.243 e. The van der Waals surface area contributed by atoms with Gasteiger partial charge in [0.15, 0.2) is 0 Å². The Morgan fingerprint density at radius 1 is 1.00 bits per heavy atom. The third kappa shape index (κ3) is 4.92.